The molecule has 0 spiro atoms. The Kier molecular flexibility index (Phi) is 8.23. The van der Waals surface area contributed by atoms with Crippen molar-refractivity contribution in [3.63, 3.8) is 0 Å². The smallest absolute Gasteiger partial charge is 0.218 e. The summed E-state index contributed by atoms with van der Waals surface area (Å²) < 4.78 is 32.4. The molecule has 1 aromatic rings. The van der Waals surface area contributed by atoms with E-state index in [4.69, 9.17) is 4.74 Å². The van der Waals surface area contributed by atoms with E-state index in [1.165, 1.54) is 10.7 Å². The number of aliphatic imine (C=N–C) groups is 1. The second kappa shape index (κ2) is 10.7. The minimum Gasteiger partial charge on any atom is -0.379 e. The summed E-state index contributed by atoms with van der Waals surface area (Å²) >= 11 is 1.93. The summed E-state index contributed by atoms with van der Waals surface area (Å²) in [5.74, 6) is 0.775. The molecule has 1 aromatic carbocycles. The maximum atomic E-state index is 12.8. The Bertz CT molecular complexity index is 795. The number of guanidine groups is 1. The molecule has 0 amide bonds. The number of sulfonamides is 1. The van der Waals surface area contributed by atoms with Crippen LogP contribution in [-0.2, 0) is 27.1 Å². The van der Waals surface area contributed by atoms with E-state index in [0.29, 0.717) is 38.9 Å². The average Bonchev–Trinajstić information content (AvgIpc) is 3.20. The molecule has 2 N–H and O–H groups in total. The number of rotatable bonds is 7. The van der Waals surface area contributed by atoms with Crippen LogP contribution in [0.4, 0.5) is 0 Å². The zero-order chi connectivity index (χ0) is 20.7. The molecule has 2 unspecified atom stereocenters. The third-order valence-electron chi connectivity index (χ3n) is 5.55. The molecule has 9 heteroatoms. The SMILES string of the molecule is CN=C(NCc1ccccc1CS(=O)(=O)N1CCOCC1)NC1CCC(SC)C1. The second-order valence-electron chi connectivity index (χ2n) is 7.47. The summed E-state index contributed by atoms with van der Waals surface area (Å²) in [4.78, 5) is 4.34. The fourth-order valence-electron chi connectivity index (χ4n) is 3.84. The summed E-state index contributed by atoms with van der Waals surface area (Å²) in [6, 6.07) is 8.14. The zero-order valence-electron chi connectivity index (χ0n) is 17.3. The molecule has 0 aromatic heterocycles. The van der Waals surface area contributed by atoms with Gasteiger partial charge in [0.15, 0.2) is 5.96 Å². The highest BCUT2D eigenvalue weighted by atomic mass is 32.2. The first-order valence-electron chi connectivity index (χ1n) is 10.1. The van der Waals surface area contributed by atoms with Gasteiger partial charge in [0, 0.05) is 38.0 Å². The van der Waals surface area contributed by atoms with Crippen LogP contribution in [0.25, 0.3) is 0 Å². The molecule has 29 heavy (non-hydrogen) atoms. The van der Waals surface area contributed by atoms with Crippen molar-refractivity contribution < 1.29 is 13.2 Å². The van der Waals surface area contributed by atoms with Crippen molar-refractivity contribution in [1.29, 1.82) is 0 Å². The van der Waals surface area contributed by atoms with Crippen LogP contribution in [-0.4, -0.2) is 69.6 Å². The van der Waals surface area contributed by atoms with E-state index in [2.05, 4.69) is 21.9 Å². The van der Waals surface area contributed by atoms with E-state index in [1.807, 2.05) is 36.0 Å². The summed E-state index contributed by atoms with van der Waals surface area (Å²) in [6.45, 7) is 2.31. The highest BCUT2D eigenvalue weighted by Crippen LogP contribution is 2.28. The predicted octanol–water partition coefficient (Wildman–Crippen LogP) is 1.80. The van der Waals surface area contributed by atoms with Crippen molar-refractivity contribution in [2.45, 2.75) is 42.9 Å². The Morgan fingerprint density at radius 3 is 2.62 bits per heavy atom. The van der Waals surface area contributed by atoms with Crippen molar-refractivity contribution in [3.8, 4) is 0 Å². The fraction of sp³-hybridized carbons (Fsp3) is 0.650. The standard InChI is InChI=1S/C20H32N4O3S2/c1-21-20(23-18-7-8-19(13-18)28-2)22-14-16-5-3-4-6-17(16)15-29(25,26)24-9-11-27-12-10-24/h3-6,18-19H,7-15H2,1-2H3,(H2,21,22,23). The third kappa shape index (κ3) is 6.34. The molecule has 162 valence electrons. The van der Waals surface area contributed by atoms with Crippen LogP contribution in [0.2, 0.25) is 0 Å². The van der Waals surface area contributed by atoms with Crippen LogP contribution < -0.4 is 10.6 Å². The number of morpholine rings is 1. The second-order valence-corrected chi connectivity index (χ2v) is 10.6. The molecule has 2 fully saturated rings. The van der Waals surface area contributed by atoms with E-state index in [9.17, 15) is 8.42 Å². The summed E-state index contributed by atoms with van der Waals surface area (Å²) in [7, 11) is -1.58. The number of nitrogens with zero attached hydrogens (tertiary/aromatic N) is 2. The normalized spacial score (nSPS) is 23.9. The molecule has 3 rings (SSSR count). The van der Waals surface area contributed by atoms with Crippen LogP contribution in [0.5, 0.6) is 0 Å². The van der Waals surface area contributed by atoms with Gasteiger partial charge in [-0.3, -0.25) is 4.99 Å². The molecular formula is C20H32N4O3S2. The summed E-state index contributed by atoms with van der Waals surface area (Å²) in [5.41, 5.74) is 1.80. The highest BCUT2D eigenvalue weighted by Gasteiger charge is 2.26. The molecule has 1 aliphatic carbocycles. The molecule has 1 heterocycles. The zero-order valence-corrected chi connectivity index (χ0v) is 18.9. The van der Waals surface area contributed by atoms with Gasteiger partial charge in [0.1, 0.15) is 0 Å². The quantitative estimate of drug-likeness (QED) is 0.497. The molecule has 2 atom stereocenters. The average molecular weight is 441 g/mol. The van der Waals surface area contributed by atoms with Gasteiger partial charge in [0.2, 0.25) is 10.0 Å². The Hall–Kier alpha value is -1.29. The largest absolute Gasteiger partial charge is 0.379 e. The van der Waals surface area contributed by atoms with E-state index in [0.717, 1.165) is 35.2 Å². The number of benzene rings is 1. The molecule has 1 saturated heterocycles. The van der Waals surface area contributed by atoms with Crippen molar-refractivity contribution in [1.82, 2.24) is 14.9 Å². The maximum absolute atomic E-state index is 12.8. The predicted molar refractivity (Wildman–Crippen MR) is 120 cm³/mol. The summed E-state index contributed by atoms with van der Waals surface area (Å²) in [6.07, 6.45) is 5.71. The number of hydrogen-bond acceptors (Lipinski definition) is 5. The van der Waals surface area contributed by atoms with Crippen molar-refractivity contribution in [3.05, 3.63) is 35.4 Å². The van der Waals surface area contributed by atoms with E-state index >= 15 is 0 Å². The van der Waals surface area contributed by atoms with Crippen LogP contribution >= 0.6 is 11.8 Å². The van der Waals surface area contributed by atoms with Crippen molar-refractivity contribution in [2.24, 2.45) is 4.99 Å². The lowest BCUT2D eigenvalue weighted by molar-refractivity contribution is 0.0729. The first-order valence-corrected chi connectivity index (χ1v) is 13.0. The highest BCUT2D eigenvalue weighted by molar-refractivity contribution is 7.99. The Morgan fingerprint density at radius 1 is 1.24 bits per heavy atom. The maximum Gasteiger partial charge on any atom is 0.218 e. The van der Waals surface area contributed by atoms with Crippen molar-refractivity contribution in [2.75, 3.05) is 39.6 Å². The molecule has 1 aliphatic heterocycles. The Balaban J connectivity index is 1.60. The van der Waals surface area contributed by atoms with E-state index in [1.54, 1.807) is 7.05 Å². The van der Waals surface area contributed by atoms with Gasteiger partial charge in [-0.15, -0.1) is 0 Å². The number of nitrogens with one attached hydrogen (secondary N) is 2. The van der Waals surface area contributed by atoms with E-state index < -0.39 is 10.0 Å². The van der Waals surface area contributed by atoms with Gasteiger partial charge in [0.25, 0.3) is 0 Å². The molecule has 7 nitrogen and oxygen atoms in total. The Labute approximate surface area is 178 Å². The van der Waals surface area contributed by atoms with Gasteiger partial charge < -0.3 is 15.4 Å². The molecule has 2 aliphatic rings. The van der Waals surface area contributed by atoms with Gasteiger partial charge in [-0.05, 0) is 36.6 Å². The molecule has 1 saturated carbocycles. The minimum atomic E-state index is -3.35. The molecule has 0 bridgehead atoms. The lowest BCUT2D eigenvalue weighted by atomic mass is 10.1. The number of thioether (sulfide) groups is 1. The fourth-order valence-corrected chi connectivity index (χ4v) is 6.19. The first-order chi connectivity index (χ1) is 14.0. The van der Waals surface area contributed by atoms with E-state index in [-0.39, 0.29) is 5.75 Å². The van der Waals surface area contributed by atoms with Gasteiger partial charge >= 0.3 is 0 Å². The van der Waals surface area contributed by atoms with Crippen molar-refractivity contribution >= 4 is 27.7 Å². The monoisotopic (exact) mass is 440 g/mol. The molecule has 0 radical (unpaired) electrons. The lowest BCUT2D eigenvalue weighted by Gasteiger charge is -2.26. The van der Waals surface area contributed by atoms with Crippen LogP contribution in [0.15, 0.2) is 29.3 Å². The molecular weight excluding hydrogens is 408 g/mol. The van der Waals surface area contributed by atoms with Crippen LogP contribution in [0.3, 0.4) is 0 Å². The van der Waals surface area contributed by atoms with Gasteiger partial charge in [-0.1, -0.05) is 24.3 Å². The van der Waals surface area contributed by atoms with Crippen LogP contribution in [0.1, 0.15) is 30.4 Å². The van der Waals surface area contributed by atoms with Crippen LogP contribution in [0, 0.1) is 0 Å². The first kappa shape index (κ1) is 22.4. The van der Waals surface area contributed by atoms with Gasteiger partial charge in [-0.25, -0.2) is 8.42 Å². The van der Waals surface area contributed by atoms with Gasteiger partial charge in [-0.2, -0.15) is 16.1 Å². The Morgan fingerprint density at radius 2 is 1.97 bits per heavy atom. The minimum absolute atomic E-state index is 0.00884. The summed E-state index contributed by atoms with van der Waals surface area (Å²) in [5, 5.41) is 7.58. The number of ether oxygens (including phenoxy) is 1. The lowest BCUT2D eigenvalue weighted by Crippen LogP contribution is -2.42. The topological polar surface area (TPSA) is 83.0 Å². The third-order valence-corrected chi connectivity index (χ3v) is 8.47. The van der Waals surface area contributed by atoms with Gasteiger partial charge in [0.05, 0.1) is 19.0 Å². The number of hydrogen-bond donors (Lipinski definition) is 2.